The fourth-order valence-corrected chi connectivity index (χ4v) is 3.87. The van der Waals surface area contributed by atoms with Crippen LogP contribution in [0, 0.1) is 5.92 Å². The summed E-state index contributed by atoms with van der Waals surface area (Å²) in [6, 6.07) is 0.713. The second-order valence-electron chi connectivity index (χ2n) is 6.95. The van der Waals surface area contributed by atoms with Crippen LogP contribution in [0.3, 0.4) is 0 Å². The minimum atomic E-state index is 0.0792. The molecule has 2 aliphatic rings. The number of piperidine rings is 1. The summed E-state index contributed by atoms with van der Waals surface area (Å²) < 4.78 is 5.19. The van der Waals surface area contributed by atoms with Gasteiger partial charge in [0.1, 0.15) is 0 Å². The van der Waals surface area contributed by atoms with Gasteiger partial charge in [-0.2, -0.15) is 0 Å². The van der Waals surface area contributed by atoms with Gasteiger partial charge in [-0.1, -0.05) is 0 Å². The van der Waals surface area contributed by atoms with Crippen molar-refractivity contribution >= 4 is 11.8 Å². The molecular formula is C17H31N3O3. The van der Waals surface area contributed by atoms with Gasteiger partial charge in [0.2, 0.25) is 11.8 Å². The summed E-state index contributed by atoms with van der Waals surface area (Å²) >= 11 is 0. The quantitative estimate of drug-likeness (QED) is 0.768. The number of nitrogens with zero attached hydrogens (tertiary/aromatic N) is 3. The van der Waals surface area contributed by atoms with E-state index in [4.69, 9.17) is 4.74 Å². The topological polar surface area (TPSA) is 53.1 Å². The molecule has 2 amide bonds. The van der Waals surface area contributed by atoms with E-state index in [-0.39, 0.29) is 17.7 Å². The Hall–Kier alpha value is -1.14. The first-order valence-corrected chi connectivity index (χ1v) is 8.73. The maximum atomic E-state index is 12.8. The van der Waals surface area contributed by atoms with Crippen LogP contribution in [0.5, 0.6) is 0 Å². The molecule has 2 aliphatic heterocycles. The Morgan fingerprint density at radius 2 is 1.61 bits per heavy atom. The van der Waals surface area contributed by atoms with Crippen molar-refractivity contribution < 1.29 is 14.3 Å². The first-order valence-electron chi connectivity index (χ1n) is 8.73. The number of carbonyl (C=O) groups excluding carboxylic acids is 2. The van der Waals surface area contributed by atoms with Crippen LogP contribution < -0.4 is 0 Å². The number of piperazine rings is 1. The lowest BCUT2D eigenvalue weighted by Crippen LogP contribution is -2.59. The van der Waals surface area contributed by atoms with Gasteiger partial charge in [0.05, 0.1) is 6.61 Å². The normalized spacial score (nSPS) is 27.3. The predicted octanol–water partition coefficient (Wildman–Crippen LogP) is 0.813. The third-order valence-corrected chi connectivity index (χ3v) is 5.26. The summed E-state index contributed by atoms with van der Waals surface area (Å²) in [5.41, 5.74) is 0. The molecule has 132 valence electrons. The lowest BCUT2D eigenvalue weighted by molar-refractivity contribution is -0.143. The van der Waals surface area contributed by atoms with Crippen molar-refractivity contribution in [1.82, 2.24) is 14.7 Å². The first kappa shape index (κ1) is 18.2. The fraction of sp³-hybridized carbons (Fsp3) is 0.882. The monoisotopic (exact) mass is 325 g/mol. The lowest BCUT2D eigenvalue weighted by atomic mass is 9.94. The number of carbonyl (C=O) groups is 2. The van der Waals surface area contributed by atoms with Crippen LogP contribution in [0.2, 0.25) is 0 Å². The Kier molecular flexibility index (Phi) is 6.41. The van der Waals surface area contributed by atoms with E-state index in [0.29, 0.717) is 25.2 Å². The van der Waals surface area contributed by atoms with Gasteiger partial charge in [0.15, 0.2) is 0 Å². The summed E-state index contributed by atoms with van der Waals surface area (Å²) in [6.07, 6.45) is 1.59. The Morgan fingerprint density at radius 3 is 2.09 bits per heavy atom. The van der Waals surface area contributed by atoms with Crippen LogP contribution in [-0.2, 0) is 14.3 Å². The minimum absolute atomic E-state index is 0.0792. The van der Waals surface area contributed by atoms with Gasteiger partial charge in [-0.05, 0) is 26.7 Å². The maximum absolute atomic E-state index is 12.8. The minimum Gasteiger partial charge on any atom is -0.383 e. The summed E-state index contributed by atoms with van der Waals surface area (Å²) in [5, 5.41) is 0. The predicted molar refractivity (Wildman–Crippen MR) is 89.1 cm³/mol. The van der Waals surface area contributed by atoms with E-state index >= 15 is 0 Å². The molecule has 23 heavy (non-hydrogen) atoms. The van der Waals surface area contributed by atoms with E-state index in [1.165, 1.54) is 0 Å². The van der Waals surface area contributed by atoms with Crippen molar-refractivity contribution in [1.29, 1.82) is 0 Å². The first-order chi connectivity index (χ1) is 10.9. The van der Waals surface area contributed by atoms with E-state index < -0.39 is 0 Å². The molecule has 0 aromatic carbocycles. The number of hydrogen-bond acceptors (Lipinski definition) is 4. The van der Waals surface area contributed by atoms with Gasteiger partial charge in [-0.25, -0.2) is 0 Å². The summed E-state index contributed by atoms with van der Waals surface area (Å²) in [7, 11) is 1.72. The molecule has 0 radical (unpaired) electrons. The number of rotatable bonds is 4. The summed E-state index contributed by atoms with van der Waals surface area (Å²) in [5.74, 6) is 0.471. The molecule has 0 N–H and O–H groups in total. The lowest BCUT2D eigenvalue weighted by Gasteiger charge is -2.45. The van der Waals surface area contributed by atoms with E-state index in [0.717, 1.165) is 39.1 Å². The largest absolute Gasteiger partial charge is 0.383 e. The molecule has 0 saturated carbocycles. The number of likely N-dealkylation sites (tertiary alicyclic amines) is 1. The third-order valence-electron chi connectivity index (χ3n) is 5.26. The Morgan fingerprint density at radius 1 is 1.04 bits per heavy atom. The van der Waals surface area contributed by atoms with Gasteiger partial charge in [0.25, 0.3) is 0 Å². The number of amides is 2. The molecule has 0 aromatic rings. The molecule has 0 aliphatic carbocycles. The molecule has 0 spiro atoms. The third kappa shape index (κ3) is 4.44. The Balaban J connectivity index is 1.88. The van der Waals surface area contributed by atoms with Crippen molar-refractivity contribution in [2.75, 3.05) is 46.4 Å². The van der Waals surface area contributed by atoms with Crippen LogP contribution in [0.15, 0.2) is 0 Å². The van der Waals surface area contributed by atoms with Crippen molar-refractivity contribution in [3.05, 3.63) is 0 Å². The van der Waals surface area contributed by atoms with E-state index in [1.807, 2.05) is 9.80 Å². The van der Waals surface area contributed by atoms with E-state index in [1.54, 1.807) is 14.0 Å². The average molecular weight is 325 g/mol. The zero-order chi connectivity index (χ0) is 17.0. The van der Waals surface area contributed by atoms with Gasteiger partial charge in [-0.3, -0.25) is 14.5 Å². The highest BCUT2D eigenvalue weighted by Crippen LogP contribution is 2.23. The molecule has 2 rings (SSSR count). The molecular weight excluding hydrogens is 294 g/mol. The number of ether oxygens (including phenoxy) is 1. The smallest absolute Gasteiger partial charge is 0.225 e. The standard InChI is InChI=1S/C17H31N3O3/c1-13-11-19(12-14(2)20(13)9-10-23-4)17(22)16-5-7-18(8-6-16)15(3)21/h13-14,16H,5-12H2,1-4H3. The van der Waals surface area contributed by atoms with Crippen molar-refractivity contribution in [2.24, 2.45) is 5.92 Å². The van der Waals surface area contributed by atoms with Crippen LogP contribution in [0.25, 0.3) is 0 Å². The van der Waals surface area contributed by atoms with E-state index in [2.05, 4.69) is 18.7 Å². The molecule has 0 bridgehead atoms. The molecule has 2 atom stereocenters. The maximum Gasteiger partial charge on any atom is 0.225 e. The number of hydrogen-bond donors (Lipinski definition) is 0. The number of methoxy groups -OCH3 is 1. The van der Waals surface area contributed by atoms with Gasteiger partial charge in [-0.15, -0.1) is 0 Å². The highest BCUT2D eigenvalue weighted by atomic mass is 16.5. The fourth-order valence-electron chi connectivity index (χ4n) is 3.87. The van der Waals surface area contributed by atoms with Crippen LogP contribution in [0.4, 0.5) is 0 Å². The molecule has 2 saturated heterocycles. The molecule has 2 heterocycles. The van der Waals surface area contributed by atoms with Crippen LogP contribution in [0.1, 0.15) is 33.6 Å². The molecule has 2 unspecified atom stereocenters. The van der Waals surface area contributed by atoms with Gasteiger partial charge >= 0.3 is 0 Å². The second-order valence-corrected chi connectivity index (χ2v) is 6.95. The molecule has 6 nitrogen and oxygen atoms in total. The SMILES string of the molecule is COCCN1C(C)CN(C(=O)C2CCN(C(C)=O)CC2)CC1C. The highest BCUT2D eigenvalue weighted by Gasteiger charge is 2.35. The second kappa shape index (κ2) is 8.11. The molecule has 6 heteroatoms. The van der Waals surface area contributed by atoms with Gasteiger partial charge in [0, 0.05) is 64.8 Å². The average Bonchev–Trinajstić information content (AvgIpc) is 2.53. The molecule has 0 aromatic heterocycles. The summed E-state index contributed by atoms with van der Waals surface area (Å²) in [6.45, 7) is 10.6. The van der Waals surface area contributed by atoms with E-state index in [9.17, 15) is 9.59 Å². The van der Waals surface area contributed by atoms with Crippen molar-refractivity contribution in [2.45, 2.75) is 45.7 Å². The van der Waals surface area contributed by atoms with Crippen molar-refractivity contribution in [3.8, 4) is 0 Å². The summed E-state index contributed by atoms with van der Waals surface area (Å²) in [4.78, 5) is 30.5. The van der Waals surface area contributed by atoms with Crippen LogP contribution >= 0.6 is 0 Å². The zero-order valence-electron chi connectivity index (χ0n) is 15.0. The highest BCUT2D eigenvalue weighted by molar-refractivity contribution is 5.80. The van der Waals surface area contributed by atoms with Crippen molar-refractivity contribution in [3.63, 3.8) is 0 Å². The Labute approximate surface area is 139 Å². The molecule has 2 fully saturated rings. The van der Waals surface area contributed by atoms with Crippen LogP contribution in [-0.4, -0.2) is 85.0 Å². The Bertz CT molecular complexity index is 409. The van der Waals surface area contributed by atoms with Gasteiger partial charge < -0.3 is 14.5 Å². The zero-order valence-corrected chi connectivity index (χ0v) is 15.0.